The third-order valence-electron chi connectivity index (χ3n) is 4.43. The minimum Gasteiger partial charge on any atom is -0.476 e. The van der Waals surface area contributed by atoms with Gasteiger partial charge in [-0.05, 0) is 39.4 Å². The van der Waals surface area contributed by atoms with Crippen molar-refractivity contribution in [2.45, 2.75) is 31.3 Å². The van der Waals surface area contributed by atoms with E-state index in [9.17, 15) is 4.79 Å². The third-order valence-corrected chi connectivity index (χ3v) is 4.43. The molecule has 1 atom stereocenters. The van der Waals surface area contributed by atoms with E-state index in [0.29, 0.717) is 6.04 Å². The van der Waals surface area contributed by atoms with E-state index in [4.69, 9.17) is 5.11 Å². The summed E-state index contributed by atoms with van der Waals surface area (Å²) < 4.78 is 1.70. The van der Waals surface area contributed by atoms with E-state index in [2.05, 4.69) is 27.2 Å². The first kappa shape index (κ1) is 13.5. The van der Waals surface area contributed by atoms with Gasteiger partial charge < -0.3 is 10.0 Å². The van der Waals surface area contributed by atoms with Crippen LogP contribution in [0.1, 0.15) is 35.8 Å². The van der Waals surface area contributed by atoms with Crippen molar-refractivity contribution < 1.29 is 9.90 Å². The lowest BCUT2D eigenvalue weighted by atomic mass is 10.0. The average molecular weight is 279 g/mol. The number of carboxylic acids is 1. The molecular weight excluding hydrogens is 258 g/mol. The Labute approximate surface area is 118 Å². The highest BCUT2D eigenvalue weighted by Crippen LogP contribution is 2.27. The third kappa shape index (κ3) is 2.69. The van der Waals surface area contributed by atoms with E-state index in [0.717, 1.165) is 13.1 Å². The van der Waals surface area contributed by atoms with Gasteiger partial charge in [0.15, 0.2) is 5.69 Å². The van der Waals surface area contributed by atoms with E-state index in [1.165, 1.54) is 38.5 Å². The Bertz CT molecular complexity index is 483. The van der Waals surface area contributed by atoms with Crippen LogP contribution in [0.2, 0.25) is 0 Å². The van der Waals surface area contributed by atoms with Gasteiger partial charge >= 0.3 is 5.97 Å². The van der Waals surface area contributed by atoms with Crippen LogP contribution in [0.15, 0.2) is 6.20 Å². The number of carboxylic acid groups (broad SMARTS) is 1. The predicted molar refractivity (Wildman–Crippen MR) is 72.7 cm³/mol. The normalized spacial score (nSPS) is 26.1. The molecule has 20 heavy (non-hydrogen) atoms. The molecule has 110 valence electrons. The minimum absolute atomic E-state index is 0.0274. The molecule has 0 aliphatic carbocycles. The second-order valence-electron chi connectivity index (χ2n) is 5.88. The summed E-state index contributed by atoms with van der Waals surface area (Å²) in [7, 11) is 2.18. The Hall–Kier alpha value is -1.47. The number of rotatable bonds is 3. The van der Waals surface area contributed by atoms with Gasteiger partial charge in [0, 0.05) is 19.1 Å². The molecule has 0 radical (unpaired) electrons. The summed E-state index contributed by atoms with van der Waals surface area (Å²) in [5, 5.41) is 16.4. The van der Waals surface area contributed by atoms with Crippen molar-refractivity contribution in [2.24, 2.45) is 0 Å². The number of hydrogen-bond acceptors (Lipinski definition) is 5. The van der Waals surface area contributed by atoms with Crippen LogP contribution < -0.4 is 0 Å². The fourth-order valence-electron chi connectivity index (χ4n) is 3.09. The quantitative estimate of drug-likeness (QED) is 0.859. The van der Waals surface area contributed by atoms with Gasteiger partial charge in [-0.2, -0.15) is 0 Å². The SMILES string of the molecule is CN1CCCC(N2CC(n3cc(C(=O)O)nn3)C2)CC1. The first-order valence-corrected chi connectivity index (χ1v) is 7.21. The number of carbonyl (C=O) groups is 1. The first-order valence-electron chi connectivity index (χ1n) is 7.21. The number of aromatic nitrogens is 3. The molecule has 0 aromatic carbocycles. The van der Waals surface area contributed by atoms with Gasteiger partial charge in [-0.3, -0.25) is 4.90 Å². The Morgan fingerprint density at radius 1 is 1.30 bits per heavy atom. The Morgan fingerprint density at radius 2 is 2.10 bits per heavy atom. The van der Waals surface area contributed by atoms with Crippen molar-refractivity contribution >= 4 is 5.97 Å². The number of aromatic carboxylic acids is 1. The van der Waals surface area contributed by atoms with Crippen molar-refractivity contribution in [3.05, 3.63) is 11.9 Å². The zero-order chi connectivity index (χ0) is 14.1. The van der Waals surface area contributed by atoms with E-state index in [-0.39, 0.29) is 11.7 Å². The average Bonchev–Trinajstić information content (AvgIpc) is 2.73. The van der Waals surface area contributed by atoms with Crippen LogP contribution in [0.25, 0.3) is 0 Å². The molecule has 2 fully saturated rings. The maximum Gasteiger partial charge on any atom is 0.358 e. The fourth-order valence-corrected chi connectivity index (χ4v) is 3.09. The van der Waals surface area contributed by atoms with Crippen LogP contribution in [0.3, 0.4) is 0 Å². The summed E-state index contributed by atoms with van der Waals surface area (Å²) in [6.07, 6.45) is 5.27. The number of hydrogen-bond donors (Lipinski definition) is 1. The van der Waals surface area contributed by atoms with Crippen molar-refractivity contribution in [3.8, 4) is 0 Å². The Balaban J connectivity index is 1.53. The van der Waals surface area contributed by atoms with Crippen LogP contribution in [0.4, 0.5) is 0 Å². The van der Waals surface area contributed by atoms with Gasteiger partial charge in [0.1, 0.15) is 0 Å². The van der Waals surface area contributed by atoms with Crippen LogP contribution in [-0.4, -0.2) is 75.1 Å². The minimum atomic E-state index is -1.01. The zero-order valence-electron chi connectivity index (χ0n) is 11.8. The lowest BCUT2D eigenvalue weighted by molar-refractivity contribution is 0.0453. The van der Waals surface area contributed by atoms with Crippen molar-refractivity contribution in [2.75, 3.05) is 33.2 Å². The van der Waals surface area contributed by atoms with Gasteiger partial charge in [-0.1, -0.05) is 5.21 Å². The summed E-state index contributed by atoms with van der Waals surface area (Å²) in [6.45, 7) is 4.27. The summed E-state index contributed by atoms with van der Waals surface area (Å²) in [5.41, 5.74) is 0.0274. The van der Waals surface area contributed by atoms with Crippen LogP contribution in [-0.2, 0) is 0 Å². The van der Waals surface area contributed by atoms with Crippen LogP contribution in [0.5, 0.6) is 0 Å². The highest BCUT2D eigenvalue weighted by Gasteiger charge is 2.34. The Kier molecular flexibility index (Phi) is 3.71. The van der Waals surface area contributed by atoms with Gasteiger partial charge in [0.25, 0.3) is 0 Å². The molecule has 2 saturated heterocycles. The predicted octanol–water partition coefficient (Wildman–Crippen LogP) is 0.317. The molecule has 2 aliphatic heterocycles. The second kappa shape index (κ2) is 5.49. The monoisotopic (exact) mass is 279 g/mol. The Morgan fingerprint density at radius 3 is 2.80 bits per heavy atom. The molecule has 3 heterocycles. The van der Waals surface area contributed by atoms with Gasteiger partial charge in [0.2, 0.25) is 0 Å². The molecule has 2 aliphatic rings. The lowest BCUT2D eigenvalue weighted by Crippen LogP contribution is -2.53. The topological polar surface area (TPSA) is 74.5 Å². The van der Waals surface area contributed by atoms with Crippen molar-refractivity contribution in [1.82, 2.24) is 24.8 Å². The van der Waals surface area contributed by atoms with E-state index in [1.807, 2.05) is 0 Å². The maximum absolute atomic E-state index is 10.8. The summed E-state index contributed by atoms with van der Waals surface area (Å²) in [5.74, 6) is -1.01. The van der Waals surface area contributed by atoms with Crippen molar-refractivity contribution in [1.29, 1.82) is 0 Å². The maximum atomic E-state index is 10.8. The lowest BCUT2D eigenvalue weighted by Gasteiger charge is -2.44. The molecule has 1 aromatic rings. The molecule has 1 aromatic heterocycles. The first-order chi connectivity index (χ1) is 9.63. The molecule has 0 spiro atoms. The standard InChI is InChI=1S/C13H21N5O2/c1-16-5-2-3-10(4-6-16)17-7-11(8-17)18-9-12(13(19)20)14-15-18/h9-11H,2-8H2,1H3,(H,19,20). The number of likely N-dealkylation sites (tertiary alicyclic amines) is 2. The zero-order valence-corrected chi connectivity index (χ0v) is 11.8. The largest absolute Gasteiger partial charge is 0.476 e. The molecular formula is C13H21N5O2. The second-order valence-corrected chi connectivity index (χ2v) is 5.88. The van der Waals surface area contributed by atoms with Gasteiger partial charge in [-0.25, -0.2) is 9.48 Å². The van der Waals surface area contributed by atoms with Crippen molar-refractivity contribution in [3.63, 3.8) is 0 Å². The fraction of sp³-hybridized carbons (Fsp3) is 0.769. The van der Waals surface area contributed by atoms with E-state index < -0.39 is 5.97 Å². The smallest absolute Gasteiger partial charge is 0.358 e. The highest BCUT2D eigenvalue weighted by atomic mass is 16.4. The van der Waals surface area contributed by atoms with E-state index in [1.54, 1.807) is 4.68 Å². The van der Waals surface area contributed by atoms with Gasteiger partial charge in [-0.15, -0.1) is 5.10 Å². The molecule has 0 saturated carbocycles. The van der Waals surface area contributed by atoms with Gasteiger partial charge in [0.05, 0.1) is 12.2 Å². The summed E-state index contributed by atoms with van der Waals surface area (Å²) >= 11 is 0. The van der Waals surface area contributed by atoms with Crippen LogP contribution in [0, 0.1) is 0 Å². The summed E-state index contributed by atoms with van der Waals surface area (Å²) in [4.78, 5) is 15.7. The molecule has 0 amide bonds. The van der Waals surface area contributed by atoms with E-state index >= 15 is 0 Å². The molecule has 1 unspecified atom stereocenters. The molecule has 1 N–H and O–H groups in total. The summed E-state index contributed by atoms with van der Waals surface area (Å²) in [6, 6.07) is 0.940. The number of nitrogens with zero attached hydrogens (tertiary/aromatic N) is 5. The molecule has 3 rings (SSSR count). The molecule has 7 heteroatoms. The molecule has 0 bridgehead atoms. The molecule has 7 nitrogen and oxygen atoms in total. The van der Waals surface area contributed by atoms with Crippen LogP contribution >= 0.6 is 0 Å². The highest BCUT2D eigenvalue weighted by molar-refractivity contribution is 5.84.